The predicted molar refractivity (Wildman–Crippen MR) is 99.8 cm³/mol. The van der Waals surface area contributed by atoms with Gasteiger partial charge in [0, 0.05) is 6.10 Å². The van der Waals surface area contributed by atoms with E-state index in [1.54, 1.807) is 0 Å². The molecule has 25 heavy (non-hydrogen) atoms. The van der Waals surface area contributed by atoms with Gasteiger partial charge in [-0.25, -0.2) is 9.69 Å². The maximum absolute atomic E-state index is 12.4. The van der Waals surface area contributed by atoms with E-state index in [1.807, 2.05) is 20.8 Å². The lowest BCUT2D eigenvalue weighted by Gasteiger charge is -2.38. The highest BCUT2D eigenvalue weighted by Crippen LogP contribution is 2.37. The van der Waals surface area contributed by atoms with Crippen LogP contribution in [0.4, 0.5) is 4.79 Å². The van der Waals surface area contributed by atoms with Crippen molar-refractivity contribution in [2.75, 3.05) is 6.61 Å². The molecule has 1 aliphatic heterocycles. The summed E-state index contributed by atoms with van der Waals surface area (Å²) >= 11 is 0. The van der Waals surface area contributed by atoms with Crippen molar-refractivity contribution in [3.63, 3.8) is 0 Å². The van der Waals surface area contributed by atoms with Gasteiger partial charge in [-0.3, -0.25) is 4.79 Å². The zero-order valence-corrected chi connectivity index (χ0v) is 18.0. The Morgan fingerprint density at radius 1 is 1.36 bits per heavy atom. The van der Waals surface area contributed by atoms with Crippen molar-refractivity contribution >= 4 is 20.3 Å². The fraction of sp³-hybridized carbons (Fsp3) is 0.889. The first kappa shape index (κ1) is 22.1. The van der Waals surface area contributed by atoms with Crippen LogP contribution in [0, 0.1) is 5.92 Å². The lowest BCUT2D eigenvalue weighted by molar-refractivity contribution is -0.132. The summed E-state index contributed by atoms with van der Waals surface area (Å²) in [6.45, 7) is 16.9. The predicted octanol–water partition coefficient (Wildman–Crippen LogP) is 3.54. The number of rotatable bonds is 7. The third kappa shape index (κ3) is 5.79. The van der Waals surface area contributed by atoms with Crippen LogP contribution in [0.1, 0.15) is 54.4 Å². The highest BCUT2D eigenvalue weighted by Gasteiger charge is 2.41. The van der Waals surface area contributed by atoms with Gasteiger partial charge in [-0.1, -0.05) is 34.6 Å². The van der Waals surface area contributed by atoms with Gasteiger partial charge in [-0.2, -0.15) is 0 Å². The van der Waals surface area contributed by atoms with Gasteiger partial charge in [0.05, 0.1) is 18.6 Å². The molecule has 0 aliphatic carbocycles. The maximum atomic E-state index is 12.4. The summed E-state index contributed by atoms with van der Waals surface area (Å²) in [7, 11) is -1.92. The SMILES string of the molecule is CC(C)[C@H]1COC(=O)N1C(=O)C[C@@H](O)C[C@H](C)O[Si](C)(C)C(C)(C)C. The standard InChI is InChI=1S/C18H35NO5Si/c1-12(2)15-11-23-17(22)19(15)16(21)10-14(20)9-13(3)24-25(7,8)18(4,5)6/h12-15,20H,9-11H2,1-8H3/t13-,14-,15+/m0/s1. The molecular formula is C18H35NO5Si. The molecular weight excluding hydrogens is 338 g/mol. The largest absolute Gasteiger partial charge is 0.447 e. The molecule has 0 bridgehead atoms. The average molecular weight is 374 g/mol. The number of ether oxygens (including phenoxy) is 1. The van der Waals surface area contributed by atoms with Gasteiger partial charge >= 0.3 is 6.09 Å². The molecule has 3 atom stereocenters. The summed E-state index contributed by atoms with van der Waals surface area (Å²) in [5, 5.41) is 10.4. The molecule has 7 heteroatoms. The Labute approximate surface area is 153 Å². The van der Waals surface area contributed by atoms with Crippen molar-refractivity contribution < 1.29 is 23.9 Å². The van der Waals surface area contributed by atoms with Crippen LogP contribution in [0.25, 0.3) is 0 Å². The Morgan fingerprint density at radius 2 is 1.92 bits per heavy atom. The van der Waals surface area contributed by atoms with Crippen LogP contribution in [-0.4, -0.2) is 55.2 Å². The van der Waals surface area contributed by atoms with Crippen molar-refractivity contribution in [3.8, 4) is 0 Å². The van der Waals surface area contributed by atoms with E-state index in [4.69, 9.17) is 9.16 Å². The fourth-order valence-corrected chi connectivity index (χ4v) is 4.16. The zero-order valence-electron chi connectivity index (χ0n) is 17.0. The second-order valence-electron chi connectivity index (χ2n) is 8.93. The number of carbonyl (C=O) groups excluding carboxylic acids is 2. The minimum Gasteiger partial charge on any atom is -0.447 e. The topological polar surface area (TPSA) is 76.1 Å². The van der Waals surface area contributed by atoms with Crippen LogP contribution < -0.4 is 0 Å². The van der Waals surface area contributed by atoms with Gasteiger partial charge in [0.15, 0.2) is 8.32 Å². The number of cyclic esters (lactones) is 1. The van der Waals surface area contributed by atoms with Gasteiger partial charge in [0.2, 0.25) is 5.91 Å². The number of carbonyl (C=O) groups is 2. The zero-order chi connectivity index (χ0) is 19.6. The monoisotopic (exact) mass is 373 g/mol. The van der Waals surface area contributed by atoms with E-state index in [9.17, 15) is 14.7 Å². The van der Waals surface area contributed by atoms with Crippen molar-refractivity contribution in [2.45, 2.75) is 90.8 Å². The van der Waals surface area contributed by atoms with E-state index < -0.39 is 20.5 Å². The quantitative estimate of drug-likeness (QED) is 0.691. The third-order valence-electron chi connectivity index (χ3n) is 5.26. The van der Waals surface area contributed by atoms with Crippen molar-refractivity contribution in [2.24, 2.45) is 5.92 Å². The van der Waals surface area contributed by atoms with Crippen molar-refractivity contribution in [1.82, 2.24) is 4.90 Å². The first-order valence-corrected chi connectivity index (χ1v) is 12.0. The fourth-order valence-electron chi connectivity index (χ4n) is 2.71. The lowest BCUT2D eigenvalue weighted by atomic mass is 10.0. The summed E-state index contributed by atoms with van der Waals surface area (Å²) in [6.07, 6.45) is -1.32. The summed E-state index contributed by atoms with van der Waals surface area (Å²) in [5.74, 6) is -0.262. The molecule has 0 saturated carbocycles. The molecule has 0 aromatic heterocycles. The van der Waals surface area contributed by atoms with Crippen LogP contribution in [-0.2, 0) is 14.0 Å². The Morgan fingerprint density at radius 3 is 2.40 bits per heavy atom. The summed E-state index contributed by atoms with van der Waals surface area (Å²) in [5.41, 5.74) is 0. The second kappa shape index (κ2) is 8.18. The van der Waals surface area contributed by atoms with E-state index in [-0.39, 0.29) is 42.0 Å². The molecule has 1 aliphatic rings. The summed E-state index contributed by atoms with van der Waals surface area (Å²) in [4.78, 5) is 25.4. The molecule has 1 fully saturated rings. The highest BCUT2D eigenvalue weighted by molar-refractivity contribution is 6.74. The molecule has 0 unspecified atom stereocenters. The smallest absolute Gasteiger partial charge is 0.416 e. The first-order valence-electron chi connectivity index (χ1n) is 9.11. The molecule has 1 rings (SSSR count). The molecule has 0 aromatic carbocycles. The van der Waals surface area contributed by atoms with Crippen LogP contribution in [0.3, 0.4) is 0 Å². The van der Waals surface area contributed by atoms with E-state index in [2.05, 4.69) is 33.9 Å². The molecule has 0 spiro atoms. The molecule has 146 valence electrons. The van der Waals surface area contributed by atoms with Crippen LogP contribution in [0.15, 0.2) is 0 Å². The minimum absolute atomic E-state index is 0.0891. The molecule has 0 aromatic rings. The average Bonchev–Trinajstić information content (AvgIpc) is 2.78. The number of nitrogens with zero attached hydrogens (tertiary/aromatic N) is 1. The number of amides is 2. The Bertz CT molecular complexity index is 486. The molecule has 1 saturated heterocycles. The van der Waals surface area contributed by atoms with Gasteiger partial charge in [-0.15, -0.1) is 0 Å². The molecule has 1 N–H and O–H groups in total. The lowest BCUT2D eigenvalue weighted by Crippen LogP contribution is -2.45. The van der Waals surface area contributed by atoms with Crippen molar-refractivity contribution in [1.29, 1.82) is 0 Å². The van der Waals surface area contributed by atoms with E-state index in [0.29, 0.717) is 6.42 Å². The Balaban J connectivity index is 2.60. The summed E-state index contributed by atoms with van der Waals surface area (Å²) < 4.78 is 11.2. The molecule has 6 nitrogen and oxygen atoms in total. The van der Waals surface area contributed by atoms with Crippen molar-refractivity contribution in [3.05, 3.63) is 0 Å². The van der Waals surface area contributed by atoms with E-state index >= 15 is 0 Å². The van der Waals surface area contributed by atoms with Gasteiger partial charge in [0.25, 0.3) is 0 Å². The number of hydrogen-bond donors (Lipinski definition) is 1. The molecule has 0 radical (unpaired) electrons. The Kier molecular flexibility index (Phi) is 7.24. The van der Waals surface area contributed by atoms with Crippen LogP contribution in [0.2, 0.25) is 18.1 Å². The van der Waals surface area contributed by atoms with E-state index in [1.165, 1.54) is 0 Å². The number of aliphatic hydroxyl groups excluding tert-OH is 1. The molecule has 2 amide bonds. The van der Waals surface area contributed by atoms with Gasteiger partial charge in [0.1, 0.15) is 6.61 Å². The summed E-state index contributed by atoms with van der Waals surface area (Å²) in [6, 6.07) is -0.256. The second-order valence-corrected chi connectivity index (χ2v) is 13.7. The normalized spacial score (nSPS) is 21.4. The Hall–Kier alpha value is -0.923. The first-order chi connectivity index (χ1) is 11.3. The van der Waals surface area contributed by atoms with Gasteiger partial charge < -0.3 is 14.3 Å². The molecule has 1 heterocycles. The minimum atomic E-state index is -1.92. The third-order valence-corrected chi connectivity index (χ3v) is 9.86. The highest BCUT2D eigenvalue weighted by atomic mass is 28.4. The number of hydrogen-bond acceptors (Lipinski definition) is 5. The van der Waals surface area contributed by atoms with Gasteiger partial charge in [-0.05, 0) is 37.4 Å². The van der Waals surface area contributed by atoms with E-state index in [0.717, 1.165) is 4.90 Å². The number of aliphatic hydroxyl groups is 1. The number of imide groups is 1. The van der Waals surface area contributed by atoms with Crippen LogP contribution in [0.5, 0.6) is 0 Å². The maximum Gasteiger partial charge on any atom is 0.416 e. The van der Waals surface area contributed by atoms with Crippen LogP contribution >= 0.6 is 0 Å².